The molecule has 0 bridgehead atoms. The van der Waals surface area contributed by atoms with E-state index in [1.165, 1.54) is 6.07 Å². The van der Waals surface area contributed by atoms with Crippen molar-refractivity contribution in [1.29, 1.82) is 0 Å². The largest absolute Gasteiger partial charge is 0.297 e. The zero-order valence-electron chi connectivity index (χ0n) is 12.0. The number of hydrogen-bond donors (Lipinski definition) is 0. The minimum absolute atomic E-state index is 0.148. The van der Waals surface area contributed by atoms with Crippen LogP contribution < -0.4 is 0 Å². The molecular weight excluding hydrogens is 309 g/mol. The fourth-order valence-electron chi connectivity index (χ4n) is 2.24. The number of likely N-dealkylation sites (N-methyl/N-ethyl adjacent to an activating group) is 1. The lowest BCUT2D eigenvalue weighted by Crippen LogP contribution is -2.50. The normalized spacial score (nSPS) is 11.9. The molecule has 1 rings (SSSR count). The summed E-state index contributed by atoms with van der Waals surface area (Å²) in [6.45, 7) is 9.66. The Morgan fingerprint density at radius 1 is 1.32 bits per heavy atom. The second kappa shape index (κ2) is 6.62. The molecule has 0 aliphatic carbocycles. The molecule has 4 heteroatoms. The van der Waals surface area contributed by atoms with Crippen molar-refractivity contribution in [2.24, 2.45) is 0 Å². The van der Waals surface area contributed by atoms with Gasteiger partial charge in [-0.15, -0.1) is 0 Å². The number of carbonyl (C=O) groups is 1. The summed E-state index contributed by atoms with van der Waals surface area (Å²) in [4.78, 5) is 14.6. The standard InChI is InChI=1S/C15H21BrFNO/c1-5-18(6-2)15(3,4)14(19)10-11-7-8-13(17)12(16)9-11/h7-9H,5-6,10H2,1-4H3. The Hall–Kier alpha value is -0.740. The Balaban J connectivity index is 2.86. The summed E-state index contributed by atoms with van der Waals surface area (Å²) in [6, 6.07) is 4.72. The highest BCUT2D eigenvalue weighted by Crippen LogP contribution is 2.21. The van der Waals surface area contributed by atoms with Gasteiger partial charge < -0.3 is 0 Å². The molecule has 0 amide bonds. The predicted molar refractivity (Wildman–Crippen MR) is 79.8 cm³/mol. The first-order chi connectivity index (χ1) is 8.82. The quantitative estimate of drug-likeness (QED) is 0.790. The molecule has 0 fully saturated rings. The first-order valence-electron chi connectivity index (χ1n) is 6.55. The molecule has 2 nitrogen and oxygen atoms in total. The number of rotatable bonds is 6. The third-order valence-corrected chi connectivity index (χ3v) is 4.19. The van der Waals surface area contributed by atoms with Gasteiger partial charge in [0.05, 0.1) is 10.0 Å². The van der Waals surface area contributed by atoms with Gasteiger partial charge in [-0.3, -0.25) is 9.69 Å². The van der Waals surface area contributed by atoms with Gasteiger partial charge in [-0.25, -0.2) is 4.39 Å². The topological polar surface area (TPSA) is 20.3 Å². The molecular formula is C15H21BrFNO. The van der Waals surface area contributed by atoms with Gasteiger partial charge in [-0.1, -0.05) is 19.9 Å². The molecule has 0 unspecified atom stereocenters. The minimum atomic E-state index is -0.496. The average molecular weight is 330 g/mol. The molecule has 1 aromatic carbocycles. The maximum Gasteiger partial charge on any atom is 0.156 e. The van der Waals surface area contributed by atoms with Crippen molar-refractivity contribution in [2.75, 3.05) is 13.1 Å². The van der Waals surface area contributed by atoms with E-state index in [0.717, 1.165) is 18.7 Å². The SMILES string of the molecule is CCN(CC)C(C)(C)C(=O)Cc1ccc(F)c(Br)c1. The van der Waals surface area contributed by atoms with Gasteiger partial charge in [0.2, 0.25) is 0 Å². The molecule has 19 heavy (non-hydrogen) atoms. The average Bonchev–Trinajstić information content (AvgIpc) is 2.35. The minimum Gasteiger partial charge on any atom is -0.297 e. The second-order valence-corrected chi connectivity index (χ2v) is 5.93. The number of Topliss-reactive ketones (excluding diaryl/α,β-unsaturated/α-hetero) is 1. The molecule has 0 saturated heterocycles. The summed E-state index contributed by atoms with van der Waals surface area (Å²) in [7, 11) is 0. The molecule has 0 heterocycles. The Kier molecular flexibility index (Phi) is 5.68. The highest BCUT2D eigenvalue weighted by molar-refractivity contribution is 9.10. The van der Waals surface area contributed by atoms with Crippen molar-refractivity contribution in [3.05, 3.63) is 34.1 Å². The van der Waals surface area contributed by atoms with Crippen LogP contribution in [0.15, 0.2) is 22.7 Å². The van der Waals surface area contributed by atoms with Gasteiger partial charge in [0.15, 0.2) is 5.78 Å². The Labute approximate surface area is 123 Å². The summed E-state index contributed by atoms with van der Waals surface area (Å²) in [5.74, 6) is -0.158. The number of ketones is 1. The second-order valence-electron chi connectivity index (χ2n) is 5.08. The maximum atomic E-state index is 13.2. The van der Waals surface area contributed by atoms with E-state index in [1.807, 2.05) is 27.7 Å². The van der Waals surface area contributed by atoms with Crippen LogP contribution in [0, 0.1) is 5.82 Å². The summed E-state index contributed by atoms with van der Waals surface area (Å²) in [5.41, 5.74) is 0.336. The van der Waals surface area contributed by atoms with Crippen molar-refractivity contribution in [1.82, 2.24) is 4.90 Å². The zero-order chi connectivity index (χ0) is 14.6. The zero-order valence-corrected chi connectivity index (χ0v) is 13.6. The van der Waals surface area contributed by atoms with E-state index >= 15 is 0 Å². The monoisotopic (exact) mass is 329 g/mol. The van der Waals surface area contributed by atoms with E-state index in [0.29, 0.717) is 10.9 Å². The summed E-state index contributed by atoms with van der Waals surface area (Å²) < 4.78 is 13.6. The van der Waals surface area contributed by atoms with Gasteiger partial charge in [0, 0.05) is 6.42 Å². The molecule has 0 aliphatic rings. The fraction of sp³-hybridized carbons (Fsp3) is 0.533. The molecule has 0 N–H and O–H groups in total. The van der Waals surface area contributed by atoms with Crippen LogP contribution in [-0.4, -0.2) is 29.3 Å². The van der Waals surface area contributed by atoms with Crippen LogP contribution in [-0.2, 0) is 11.2 Å². The molecule has 0 aromatic heterocycles. The van der Waals surface area contributed by atoms with Gasteiger partial charge in [0.25, 0.3) is 0 Å². The number of halogens is 2. The lowest BCUT2D eigenvalue weighted by atomic mass is 9.91. The van der Waals surface area contributed by atoms with Crippen LogP contribution in [0.4, 0.5) is 4.39 Å². The molecule has 0 spiro atoms. The van der Waals surface area contributed by atoms with E-state index in [1.54, 1.807) is 12.1 Å². The third kappa shape index (κ3) is 3.86. The van der Waals surface area contributed by atoms with Gasteiger partial charge in [-0.2, -0.15) is 0 Å². The van der Waals surface area contributed by atoms with E-state index < -0.39 is 5.54 Å². The Morgan fingerprint density at radius 2 is 1.89 bits per heavy atom. The molecule has 0 saturated carbocycles. The van der Waals surface area contributed by atoms with Crippen LogP contribution in [0.25, 0.3) is 0 Å². The van der Waals surface area contributed by atoms with Crippen molar-refractivity contribution in [2.45, 2.75) is 39.7 Å². The lowest BCUT2D eigenvalue weighted by molar-refractivity contribution is -0.128. The van der Waals surface area contributed by atoms with E-state index in [2.05, 4.69) is 20.8 Å². The number of benzene rings is 1. The van der Waals surface area contributed by atoms with Crippen LogP contribution in [0.5, 0.6) is 0 Å². The first kappa shape index (κ1) is 16.3. The number of nitrogens with zero attached hydrogens (tertiary/aromatic N) is 1. The molecule has 0 atom stereocenters. The Morgan fingerprint density at radius 3 is 2.37 bits per heavy atom. The molecule has 106 valence electrons. The van der Waals surface area contributed by atoms with Crippen LogP contribution in [0.1, 0.15) is 33.3 Å². The smallest absolute Gasteiger partial charge is 0.156 e. The summed E-state index contributed by atoms with van der Waals surface area (Å²) >= 11 is 3.15. The molecule has 0 aliphatic heterocycles. The predicted octanol–water partition coefficient (Wildman–Crippen LogP) is 3.82. The Bertz CT molecular complexity index is 455. The lowest BCUT2D eigenvalue weighted by Gasteiger charge is -2.35. The van der Waals surface area contributed by atoms with E-state index in [9.17, 15) is 9.18 Å². The van der Waals surface area contributed by atoms with Gasteiger partial charge >= 0.3 is 0 Å². The third-order valence-electron chi connectivity index (χ3n) is 3.59. The number of carbonyl (C=O) groups excluding carboxylic acids is 1. The molecule has 0 radical (unpaired) electrons. The summed E-state index contributed by atoms with van der Waals surface area (Å²) in [6.07, 6.45) is 0.322. The van der Waals surface area contributed by atoms with Crippen molar-refractivity contribution in [3.8, 4) is 0 Å². The number of hydrogen-bond acceptors (Lipinski definition) is 2. The van der Waals surface area contributed by atoms with Crippen molar-refractivity contribution >= 4 is 21.7 Å². The van der Waals surface area contributed by atoms with E-state index in [-0.39, 0.29) is 11.6 Å². The van der Waals surface area contributed by atoms with Crippen molar-refractivity contribution < 1.29 is 9.18 Å². The van der Waals surface area contributed by atoms with Crippen molar-refractivity contribution in [3.63, 3.8) is 0 Å². The van der Waals surface area contributed by atoms with Crippen LogP contribution in [0.3, 0.4) is 0 Å². The van der Waals surface area contributed by atoms with Gasteiger partial charge in [-0.05, 0) is 60.6 Å². The van der Waals surface area contributed by atoms with Gasteiger partial charge in [0.1, 0.15) is 5.82 Å². The van der Waals surface area contributed by atoms with Crippen LogP contribution in [0.2, 0.25) is 0 Å². The highest BCUT2D eigenvalue weighted by Gasteiger charge is 2.32. The van der Waals surface area contributed by atoms with Crippen LogP contribution >= 0.6 is 15.9 Å². The summed E-state index contributed by atoms with van der Waals surface area (Å²) in [5, 5.41) is 0. The highest BCUT2D eigenvalue weighted by atomic mass is 79.9. The first-order valence-corrected chi connectivity index (χ1v) is 7.34. The maximum absolute atomic E-state index is 13.2. The van der Waals surface area contributed by atoms with E-state index in [4.69, 9.17) is 0 Å². The fourth-order valence-corrected chi connectivity index (χ4v) is 2.67. The molecule has 1 aromatic rings.